The summed E-state index contributed by atoms with van der Waals surface area (Å²) in [7, 11) is 2.06. The van der Waals surface area contributed by atoms with Crippen LogP contribution in [0.4, 0.5) is 4.79 Å². The molecule has 0 radical (unpaired) electrons. The topological polar surface area (TPSA) is 63.3 Å². The number of fused-ring (bicyclic) bond motifs is 1. The van der Waals surface area contributed by atoms with Gasteiger partial charge in [-0.3, -0.25) is 0 Å². The molecule has 28 heavy (non-hydrogen) atoms. The molecule has 6 heteroatoms. The molecule has 1 aliphatic heterocycles. The minimum Gasteiger partial charge on any atom is -0.440 e. The molecule has 3 aromatic rings. The van der Waals surface area contributed by atoms with Crippen LogP contribution in [0.5, 0.6) is 0 Å². The number of aromatic nitrogens is 2. The fraction of sp³-hybridized carbons (Fsp3) is 0.455. The lowest BCUT2D eigenvalue weighted by molar-refractivity contribution is 0.174. The fourth-order valence-electron chi connectivity index (χ4n) is 3.89. The number of hydrogen-bond donors (Lipinski definition) is 1. The van der Waals surface area contributed by atoms with Gasteiger partial charge >= 0.3 is 6.03 Å². The molecule has 3 heterocycles. The van der Waals surface area contributed by atoms with Crippen LogP contribution < -0.4 is 5.32 Å². The maximum Gasteiger partial charge on any atom is 0.317 e. The van der Waals surface area contributed by atoms with Crippen molar-refractivity contribution in [3.05, 3.63) is 54.2 Å². The molecule has 1 fully saturated rings. The summed E-state index contributed by atoms with van der Waals surface area (Å²) in [5.41, 5.74) is 3.04. The van der Waals surface area contributed by atoms with E-state index >= 15 is 0 Å². The number of piperidine rings is 1. The van der Waals surface area contributed by atoms with Gasteiger partial charge in [-0.1, -0.05) is 12.1 Å². The molecule has 0 bridgehead atoms. The number of nitrogens with one attached hydrogen (secondary N) is 1. The summed E-state index contributed by atoms with van der Waals surface area (Å²) in [6, 6.07) is 12.2. The van der Waals surface area contributed by atoms with Crippen LogP contribution in [0.3, 0.4) is 0 Å². The number of urea groups is 1. The number of aryl methyl sites for hydroxylation is 2. The maximum absolute atomic E-state index is 12.6. The van der Waals surface area contributed by atoms with E-state index in [0.29, 0.717) is 0 Å². The van der Waals surface area contributed by atoms with Gasteiger partial charge in [0, 0.05) is 44.0 Å². The van der Waals surface area contributed by atoms with Crippen LogP contribution in [0.25, 0.3) is 11.1 Å². The summed E-state index contributed by atoms with van der Waals surface area (Å²) >= 11 is 0. The molecule has 1 unspecified atom stereocenters. The van der Waals surface area contributed by atoms with Crippen molar-refractivity contribution < 1.29 is 9.21 Å². The summed E-state index contributed by atoms with van der Waals surface area (Å²) in [5, 5.41) is 3.15. The Morgan fingerprint density at radius 1 is 1.25 bits per heavy atom. The second-order valence-corrected chi connectivity index (χ2v) is 7.78. The van der Waals surface area contributed by atoms with Crippen molar-refractivity contribution in [2.24, 2.45) is 7.05 Å². The Hall–Kier alpha value is -2.76. The molecule has 1 aromatic carbocycles. The highest BCUT2D eigenvalue weighted by Crippen LogP contribution is 2.29. The third-order valence-electron chi connectivity index (χ3n) is 5.70. The predicted octanol–water partition coefficient (Wildman–Crippen LogP) is 4.08. The first kappa shape index (κ1) is 18.6. The molecule has 1 aliphatic rings. The van der Waals surface area contributed by atoms with E-state index in [4.69, 9.17) is 4.42 Å². The minimum absolute atomic E-state index is 0.0374. The zero-order chi connectivity index (χ0) is 19.5. The number of benzene rings is 1. The van der Waals surface area contributed by atoms with Crippen molar-refractivity contribution in [3.8, 4) is 0 Å². The molecule has 0 aliphatic carbocycles. The lowest BCUT2D eigenvalue weighted by Gasteiger charge is -2.31. The quantitative estimate of drug-likeness (QED) is 0.725. The Labute approximate surface area is 165 Å². The number of amides is 2. The van der Waals surface area contributed by atoms with E-state index in [9.17, 15) is 4.79 Å². The van der Waals surface area contributed by atoms with Crippen LogP contribution in [0.2, 0.25) is 0 Å². The molecule has 0 spiro atoms. The maximum atomic E-state index is 12.6. The van der Waals surface area contributed by atoms with E-state index in [-0.39, 0.29) is 18.0 Å². The van der Waals surface area contributed by atoms with Gasteiger partial charge in [-0.05, 0) is 56.9 Å². The number of likely N-dealkylation sites (tertiary alicyclic amines) is 1. The highest BCUT2D eigenvalue weighted by atomic mass is 16.3. The first-order valence-electron chi connectivity index (χ1n) is 10.1. The second-order valence-electron chi connectivity index (χ2n) is 7.78. The smallest absolute Gasteiger partial charge is 0.317 e. The van der Waals surface area contributed by atoms with Crippen LogP contribution in [0.15, 0.2) is 47.0 Å². The van der Waals surface area contributed by atoms with Crippen molar-refractivity contribution in [2.75, 3.05) is 13.1 Å². The lowest BCUT2D eigenvalue weighted by atomic mass is 9.97. The molecule has 0 saturated carbocycles. The van der Waals surface area contributed by atoms with Crippen LogP contribution in [0.1, 0.15) is 43.7 Å². The van der Waals surface area contributed by atoms with E-state index < -0.39 is 0 Å². The Morgan fingerprint density at radius 3 is 2.75 bits per heavy atom. The van der Waals surface area contributed by atoms with Gasteiger partial charge in [0.25, 0.3) is 0 Å². The molecule has 1 N–H and O–H groups in total. The average molecular weight is 380 g/mol. The summed E-state index contributed by atoms with van der Waals surface area (Å²) in [4.78, 5) is 19.1. The summed E-state index contributed by atoms with van der Waals surface area (Å²) in [6.45, 7) is 3.55. The first-order valence-corrected chi connectivity index (χ1v) is 10.1. The molecule has 4 rings (SSSR count). The summed E-state index contributed by atoms with van der Waals surface area (Å²) in [6.07, 6.45) is 5.73. The van der Waals surface area contributed by atoms with Crippen LogP contribution in [-0.2, 0) is 13.5 Å². The molecule has 148 valence electrons. The largest absolute Gasteiger partial charge is 0.440 e. The van der Waals surface area contributed by atoms with E-state index in [1.807, 2.05) is 29.2 Å². The monoisotopic (exact) mass is 380 g/mol. The van der Waals surface area contributed by atoms with Gasteiger partial charge in [0.1, 0.15) is 5.52 Å². The lowest BCUT2D eigenvalue weighted by Crippen LogP contribution is -2.47. The number of rotatable bonds is 5. The van der Waals surface area contributed by atoms with Crippen LogP contribution >= 0.6 is 0 Å². The SMILES string of the molecule is CC(CCc1cccn1C)NC(=O)N1CCC(c2nc3ccccc3o2)CC1. The van der Waals surface area contributed by atoms with E-state index in [2.05, 4.69) is 47.2 Å². The zero-order valence-corrected chi connectivity index (χ0v) is 16.6. The number of hydrogen-bond acceptors (Lipinski definition) is 3. The average Bonchev–Trinajstić information content (AvgIpc) is 3.32. The van der Waals surface area contributed by atoms with Gasteiger partial charge < -0.3 is 19.2 Å². The first-order chi connectivity index (χ1) is 13.6. The van der Waals surface area contributed by atoms with Gasteiger partial charge in [0.05, 0.1) is 0 Å². The third-order valence-corrected chi connectivity index (χ3v) is 5.70. The molecule has 2 amide bonds. The van der Waals surface area contributed by atoms with Crippen molar-refractivity contribution in [1.82, 2.24) is 19.8 Å². The van der Waals surface area contributed by atoms with Crippen LogP contribution in [-0.4, -0.2) is 39.6 Å². The van der Waals surface area contributed by atoms with Gasteiger partial charge in [0.2, 0.25) is 0 Å². The number of carbonyl (C=O) groups excluding carboxylic acids is 1. The Kier molecular flexibility index (Phi) is 5.37. The Balaban J connectivity index is 1.26. The number of nitrogens with zero attached hydrogens (tertiary/aromatic N) is 3. The summed E-state index contributed by atoms with van der Waals surface area (Å²) < 4.78 is 8.04. The molecular weight excluding hydrogens is 352 g/mol. The molecule has 2 aromatic heterocycles. The highest BCUT2D eigenvalue weighted by Gasteiger charge is 2.27. The minimum atomic E-state index is 0.0374. The van der Waals surface area contributed by atoms with Crippen molar-refractivity contribution >= 4 is 17.1 Å². The Morgan fingerprint density at radius 2 is 2.04 bits per heavy atom. The van der Waals surface area contributed by atoms with Gasteiger partial charge in [-0.2, -0.15) is 0 Å². The van der Waals surface area contributed by atoms with E-state index in [1.165, 1.54) is 5.69 Å². The predicted molar refractivity (Wildman–Crippen MR) is 109 cm³/mol. The van der Waals surface area contributed by atoms with Crippen LogP contribution in [0, 0.1) is 0 Å². The van der Waals surface area contributed by atoms with Crippen molar-refractivity contribution in [2.45, 2.75) is 44.6 Å². The van der Waals surface area contributed by atoms with Gasteiger partial charge in [-0.15, -0.1) is 0 Å². The zero-order valence-electron chi connectivity index (χ0n) is 16.6. The van der Waals surface area contributed by atoms with Crippen molar-refractivity contribution in [3.63, 3.8) is 0 Å². The number of oxazole rings is 1. The van der Waals surface area contributed by atoms with E-state index in [0.717, 1.165) is 55.8 Å². The molecule has 6 nitrogen and oxygen atoms in total. The van der Waals surface area contributed by atoms with E-state index in [1.54, 1.807) is 0 Å². The second kappa shape index (κ2) is 8.09. The highest BCUT2D eigenvalue weighted by molar-refractivity contribution is 5.74. The number of carbonyl (C=O) groups is 1. The molecule has 1 saturated heterocycles. The van der Waals surface area contributed by atoms with Gasteiger partial charge in [0.15, 0.2) is 11.5 Å². The Bertz CT molecular complexity index is 904. The molecular formula is C22H28N4O2. The standard InChI is InChI=1S/C22H28N4O2/c1-16(9-10-18-6-5-13-25(18)2)23-22(27)26-14-11-17(12-15-26)21-24-19-7-3-4-8-20(19)28-21/h3-8,13,16-17H,9-12,14-15H2,1-2H3,(H,23,27). The fourth-order valence-corrected chi connectivity index (χ4v) is 3.89. The summed E-state index contributed by atoms with van der Waals surface area (Å²) in [5.74, 6) is 1.09. The number of para-hydroxylation sites is 2. The molecule has 1 atom stereocenters. The normalized spacial score (nSPS) is 16.4. The van der Waals surface area contributed by atoms with Crippen molar-refractivity contribution in [1.29, 1.82) is 0 Å². The third kappa shape index (κ3) is 4.06. The van der Waals surface area contributed by atoms with Gasteiger partial charge in [-0.25, -0.2) is 9.78 Å².